The van der Waals surface area contributed by atoms with Crippen LogP contribution in [-0.2, 0) is 9.59 Å². The summed E-state index contributed by atoms with van der Waals surface area (Å²) in [6, 6.07) is 11.8. The predicted octanol–water partition coefficient (Wildman–Crippen LogP) is 4.22. The van der Waals surface area contributed by atoms with Gasteiger partial charge < -0.3 is 10.3 Å². The fourth-order valence-corrected chi connectivity index (χ4v) is 3.36. The van der Waals surface area contributed by atoms with Crippen LogP contribution in [0.5, 0.6) is 0 Å². The number of anilines is 2. The highest BCUT2D eigenvalue weighted by molar-refractivity contribution is 6.37. The number of amides is 2. The van der Waals surface area contributed by atoms with Gasteiger partial charge in [0.05, 0.1) is 17.1 Å². The molecule has 25 heavy (non-hydrogen) atoms. The number of rotatable bonds is 3. The molecule has 1 aliphatic heterocycles. The topological polar surface area (TPSA) is 65.2 Å². The van der Waals surface area contributed by atoms with E-state index in [1.807, 2.05) is 30.5 Å². The van der Waals surface area contributed by atoms with Gasteiger partial charge in [-0.15, -0.1) is 0 Å². The van der Waals surface area contributed by atoms with Gasteiger partial charge in [0.15, 0.2) is 0 Å². The van der Waals surface area contributed by atoms with E-state index >= 15 is 0 Å². The summed E-state index contributed by atoms with van der Waals surface area (Å²) >= 11 is 12.1. The van der Waals surface area contributed by atoms with Crippen molar-refractivity contribution in [3.05, 3.63) is 58.7 Å². The number of aromatic nitrogens is 1. The highest BCUT2D eigenvalue weighted by Crippen LogP contribution is 2.33. The van der Waals surface area contributed by atoms with Gasteiger partial charge in [0, 0.05) is 22.4 Å². The van der Waals surface area contributed by atoms with E-state index in [0.29, 0.717) is 15.7 Å². The zero-order chi connectivity index (χ0) is 17.6. The molecule has 0 radical (unpaired) electrons. The van der Waals surface area contributed by atoms with Crippen molar-refractivity contribution >= 4 is 57.3 Å². The fourth-order valence-electron chi connectivity index (χ4n) is 2.99. The molecule has 1 aliphatic rings. The molecule has 1 atom stereocenters. The van der Waals surface area contributed by atoms with E-state index in [-0.39, 0.29) is 18.2 Å². The monoisotopic (exact) mass is 373 g/mol. The van der Waals surface area contributed by atoms with Gasteiger partial charge in [0.1, 0.15) is 6.04 Å². The average Bonchev–Trinajstić information content (AvgIpc) is 3.15. The third-order valence-electron chi connectivity index (χ3n) is 4.19. The molecule has 1 fully saturated rings. The fraction of sp³-hybridized carbons (Fsp3) is 0.111. The summed E-state index contributed by atoms with van der Waals surface area (Å²) in [5, 5.41) is 4.92. The molecule has 1 aromatic heterocycles. The van der Waals surface area contributed by atoms with E-state index < -0.39 is 6.04 Å². The molecule has 4 rings (SSSR count). The Morgan fingerprint density at radius 1 is 1.08 bits per heavy atom. The Hall–Kier alpha value is -2.50. The first-order valence-electron chi connectivity index (χ1n) is 7.68. The van der Waals surface area contributed by atoms with Crippen LogP contribution in [0.25, 0.3) is 10.9 Å². The molecule has 3 aromatic rings. The van der Waals surface area contributed by atoms with Crippen molar-refractivity contribution in [2.45, 2.75) is 12.5 Å². The minimum atomic E-state index is -0.644. The third-order valence-corrected chi connectivity index (χ3v) is 4.75. The van der Waals surface area contributed by atoms with E-state index in [9.17, 15) is 9.59 Å². The molecule has 2 amide bonds. The molecule has 2 aromatic carbocycles. The first-order chi connectivity index (χ1) is 12.0. The van der Waals surface area contributed by atoms with Crippen molar-refractivity contribution < 1.29 is 9.59 Å². The molecule has 1 unspecified atom stereocenters. The lowest BCUT2D eigenvalue weighted by atomic mass is 10.2. The summed E-state index contributed by atoms with van der Waals surface area (Å²) in [6.45, 7) is 0. The van der Waals surface area contributed by atoms with Gasteiger partial charge in [-0.2, -0.15) is 0 Å². The highest BCUT2D eigenvalue weighted by Gasteiger charge is 2.40. The molecule has 2 heterocycles. The molecular weight excluding hydrogens is 361 g/mol. The minimum Gasteiger partial charge on any atom is -0.373 e. The smallest absolute Gasteiger partial charge is 0.256 e. The lowest BCUT2D eigenvalue weighted by Gasteiger charge is -2.17. The van der Waals surface area contributed by atoms with Gasteiger partial charge in [-0.25, -0.2) is 4.90 Å². The van der Waals surface area contributed by atoms with Crippen LogP contribution in [0.1, 0.15) is 6.42 Å². The summed E-state index contributed by atoms with van der Waals surface area (Å²) in [5.74, 6) is -0.659. The van der Waals surface area contributed by atoms with Crippen molar-refractivity contribution in [1.29, 1.82) is 0 Å². The van der Waals surface area contributed by atoms with Gasteiger partial charge in [-0.05, 0) is 41.8 Å². The van der Waals surface area contributed by atoms with Crippen LogP contribution >= 0.6 is 23.2 Å². The minimum absolute atomic E-state index is 0.0600. The van der Waals surface area contributed by atoms with Crippen molar-refractivity contribution in [3.63, 3.8) is 0 Å². The van der Waals surface area contributed by atoms with Crippen molar-refractivity contribution in [2.75, 3.05) is 10.2 Å². The van der Waals surface area contributed by atoms with Crippen LogP contribution in [0.15, 0.2) is 48.7 Å². The SMILES string of the molecule is O=C1CC(Nc2ccc3cc[nH]c3c2)C(=O)N1c1cc(Cl)ccc1Cl. The molecular formula is C18H13Cl2N3O2. The summed E-state index contributed by atoms with van der Waals surface area (Å²) in [5.41, 5.74) is 2.03. The van der Waals surface area contributed by atoms with Crippen LogP contribution in [0, 0.1) is 0 Å². The third kappa shape index (κ3) is 2.86. The van der Waals surface area contributed by atoms with E-state index in [1.165, 1.54) is 6.07 Å². The Kier molecular flexibility index (Phi) is 3.90. The van der Waals surface area contributed by atoms with Crippen LogP contribution in [0.4, 0.5) is 11.4 Å². The molecule has 0 aliphatic carbocycles. The summed E-state index contributed by atoms with van der Waals surface area (Å²) in [4.78, 5) is 29.3. The normalized spacial score (nSPS) is 17.5. The maximum Gasteiger partial charge on any atom is 0.256 e. The van der Waals surface area contributed by atoms with Crippen molar-refractivity contribution in [3.8, 4) is 0 Å². The quantitative estimate of drug-likeness (QED) is 0.675. The molecule has 7 heteroatoms. The highest BCUT2D eigenvalue weighted by atomic mass is 35.5. The van der Waals surface area contributed by atoms with Gasteiger partial charge >= 0.3 is 0 Å². The summed E-state index contributed by atoms with van der Waals surface area (Å²) < 4.78 is 0. The van der Waals surface area contributed by atoms with Crippen LogP contribution < -0.4 is 10.2 Å². The zero-order valence-corrected chi connectivity index (χ0v) is 14.4. The molecule has 5 nitrogen and oxygen atoms in total. The number of nitrogens with one attached hydrogen (secondary N) is 2. The number of H-pyrrole nitrogens is 1. The van der Waals surface area contributed by atoms with Crippen LogP contribution in [-0.4, -0.2) is 22.8 Å². The standard InChI is InChI=1S/C18H13Cl2N3O2/c19-11-2-4-13(20)16(7-11)23-17(24)9-15(18(23)25)22-12-3-1-10-5-6-21-14(10)8-12/h1-8,15,21-22H,9H2. The van der Waals surface area contributed by atoms with Crippen LogP contribution in [0.2, 0.25) is 10.0 Å². The van der Waals surface area contributed by atoms with Gasteiger partial charge in [0.2, 0.25) is 5.91 Å². The second kappa shape index (κ2) is 6.10. The number of carbonyl (C=O) groups is 2. The Morgan fingerprint density at radius 3 is 2.76 bits per heavy atom. The number of imide groups is 1. The summed E-state index contributed by atoms with van der Waals surface area (Å²) in [7, 11) is 0. The number of halogens is 2. The van der Waals surface area contributed by atoms with E-state index in [0.717, 1.165) is 21.5 Å². The Labute approximate surface area is 153 Å². The lowest BCUT2D eigenvalue weighted by Crippen LogP contribution is -2.35. The first-order valence-corrected chi connectivity index (χ1v) is 8.44. The number of benzene rings is 2. The predicted molar refractivity (Wildman–Crippen MR) is 99.3 cm³/mol. The number of carbonyl (C=O) groups excluding carboxylic acids is 2. The average molecular weight is 374 g/mol. The van der Waals surface area contributed by atoms with Crippen LogP contribution in [0.3, 0.4) is 0 Å². The maximum atomic E-state index is 12.7. The maximum absolute atomic E-state index is 12.7. The molecule has 2 N–H and O–H groups in total. The van der Waals surface area contributed by atoms with Gasteiger partial charge in [0.25, 0.3) is 5.91 Å². The number of fused-ring (bicyclic) bond motifs is 1. The second-order valence-corrected chi connectivity index (χ2v) is 6.69. The first kappa shape index (κ1) is 16.0. The van der Waals surface area contributed by atoms with E-state index in [2.05, 4.69) is 10.3 Å². The number of nitrogens with zero attached hydrogens (tertiary/aromatic N) is 1. The molecule has 0 spiro atoms. The Balaban J connectivity index is 1.61. The van der Waals surface area contributed by atoms with Gasteiger partial charge in [-0.1, -0.05) is 29.3 Å². The molecule has 1 saturated heterocycles. The van der Waals surface area contributed by atoms with Crippen molar-refractivity contribution in [2.24, 2.45) is 0 Å². The lowest BCUT2D eigenvalue weighted by molar-refractivity contribution is -0.121. The summed E-state index contributed by atoms with van der Waals surface area (Å²) in [6.07, 6.45) is 1.91. The number of aromatic amines is 1. The Morgan fingerprint density at radius 2 is 1.92 bits per heavy atom. The molecule has 126 valence electrons. The largest absolute Gasteiger partial charge is 0.373 e. The van der Waals surface area contributed by atoms with Gasteiger partial charge in [-0.3, -0.25) is 9.59 Å². The molecule has 0 saturated carbocycles. The van der Waals surface area contributed by atoms with E-state index in [1.54, 1.807) is 12.1 Å². The zero-order valence-electron chi connectivity index (χ0n) is 12.9. The van der Waals surface area contributed by atoms with E-state index in [4.69, 9.17) is 23.2 Å². The number of hydrogen-bond donors (Lipinski definition) is 2. The number of hydrogen-bond acceptors (Lipinski definition) is 3. The van der Waals surface area contributed by atoms with Crippen molar-refractivity contribution in [1.82, 2.24) is 4.98 Å². The molecule has 0 bridgehead atoms. The Bertz CT molecular complexity index is 999. The second-order valence-electron chi connectivity index (χ2n) is 5.84.